The van der Waals surface area contributed by atoms with Crippen molar-refractivity contribution < 1.29 is 5.03 Å². The minimum atomic E-state index is -0.778. The van der Waals surface area contributed by atoms with Gasteiger partial charge in [0.25, 0.3) is 0 Å². The van der Waals surface area contributed by atoms with Crippen molar-refractivity contribution in [2.75, 3.05) is 0 Å². The monoisotopic (exact) mass is 156 g/mol. The largest absolute Gasteiger partial charge is 0.379 e. The molecule has 8 nitrogen and oxygen atoms in total. The third-order valence-corrected chi connectivity index (χ3v) is 0.889. The number of hydrogen-bond acceptors (Lipinski definition) is 5. The van der Waals surface area contributed by atoms with Crippen LogP contribution in [-0.2, 0) is 0 Å². The van der Waals surface area contributed by atoms with Crippen molar-refractivity contribution in [3.63, 3.8) is 0 Å². The fourth-order valence-electron chi connectivity index (χ4n) is 0.457. The lowest BCUT2D eigenvalue weighted by Crippen LogP contribution is -2.15. The van der Waals surface area contributed by atoms with Crippen LogP contribution in [0, 0.1) is 15.5 Å². The predicted molar refractivity (Wildman–Crippen MR) is 33.4 cm³/mol. The molecule has 0 aliphatic heterocycles. The molecule has 1 aromatic heterocycles. The Hall–Kier alpha value is -1.99. The Bertz CT molecular complexity index is 274. The predicted octanol–water partition coefficient (Wildman–Crippen LogP) is -1.40. The van der Waals surface area contributed by atoms with E-state index in [-0.39, 0.29) is 5.82 Å². The number of aromatic nitrogens is 3. The highest BCUT2D eigenvalue weighted by Gasteiger charge is 2.12. The zero-order chi connectivity index (χ0) is 8.43. The summed E-state index contributed by atoms with van der Waals surface area (Å²) in [5, 5.41) is 19.3. The summed E-state index contributed by atoms with van der Waals surface area (Å²) in [5.41, 5.74) is 4.95. The maximum absolute atomic E-state index is 9.99. The number of rotatable bonds is 2. The van der Waals surface area contributed by atoms with Crippen LogP contribution in [0.2, 0.25) is 0 Å². The van der Waals surface area contributed by atoms with E-state index in [2.05, 4.69) is 10.1 Å². The standard InChI is InChI=1S/C3H4N6O2/c4-2(5)3-6-1-8(7-3)9(10)11/h1H,(H3,4,5). The molecule has 3 N–H and O–H groups in total. The highest BCUT2D eigenvalue weighted by atomic mass is 16.7. The van der Waals surface area contributed by atoms with Gasteiger partial charge in [-0.25, -0.2) is 0 Å². The van der Waals surface area contributed by atoms with Gasteiger partial charge >= 0.3 is 5.82 Å². The molecule has 0 saturated carbocycles. The summed E-state index contributed by atoms with van der Waals surface area (Å²) in [5.74, 6) is -0.549. The summed E-state index contributed by atoms with van der Waals surface area (Å²) < 4.78 is 0. The first-order chi connectivity index (χ1) is 5.11. The van der Waals surface area contributed by atoms with E-state index in [0.29, 0.717) is 4.79 Å². The molecular formula is C3H4N6O2. The van der Waals surface area contributed by atoms with Gasteiger partial charge in [0, 0.05) is 4.79 Å². The van der Waals surface area contributed by atoms with E-state index in [4.69, 9.17) is 11.1 Å². The van der Waals surface area contributed by atoms with Crippen LogP contribution in [0.15, 0.2) is 6.33 Å². The molecule has 0 radical (unpaired) electrons. The Kier molecular flexibility index (Phi) is 1.51. The molecule has 0 fully saturated rings. The van der Waals surface area contributed by atoms with Gasteiger partial charge in [0.2, 0.25) is 0 Å². The molecule has 0 atom stereocenters. The Morgan fingerprint density at radius 1 is 1.91 bits per heavy atom. The van der Waals surface area contributed by atoms with E-state index in [9.17, 15) is 10.1 Å². The Labute approximate surface area is 60.3 Å². The van der Waals surface area contributed by atoms with Crippen molar-refractivity contribution in [2.24, 2.45) is 5.73 Å². The molecule has 0 unspecified atom stereocenters. The summed E-state index contributed by atoms with van der Waals surface area (Å²) in [7, 11) is 0. The average Bonchev–Trinajstić information content (AvgIpc) is 2.33. The van der Waals surface area contributed by atoms with Crippen molar-refractivity contribution in [2.45, 2.75) is 0 Å². The molecule has 58 valence electrons. The van der Waals surface area contributed by atoms with E-state index in [1.54, 1.807) is 0 Å². The fraction of sp³-hybridized carbons (Fsp3) is 0. The smallest absolute Gasteiger partial charge is 0.336 e. The zero-order valence-electron chi connectivity index (χ0n) is 5.26. The summed E-state index contributed by atoms with van der Waals surface area (Å²) in [6, 6.07) is 0. The molecular weight excluding hydrogens is 152 g/mol. The van der Waals surface area contributed by atoms with Crippen LogP contribution in [0.1, 0.15) is 5.82 Å². The van der Waals surface area contributed by atoms with Crippen LogP contribution in [0.25, 0.3) is 0 Å². The molecule has 0 saturated heterocycles. The lowest BCUT2D eigenvalue weighted by atomic mass is 10.6. The second-order valence-electron chi connectivity index (χ2n) is 1.64. The molecule has 0 bridgehead atoms. The summed E-state index contributed by atoms with van der Waals surface area (Å²) in [6.07, 6.45) is 0.872. The number of hydrogen-bond donors (Lipinski definition) is 2. The number of nitrogens with one attached hydrogen (secondary N) is 1. The van der Waals surface area contributed by atoms with Gasteiger partial charge in [-0.1, -0.05) is 0 Å². The van der Waals surface area contributed by atoms with E-state index in [1.807, 2.05) is 0 Å². The van der Waals surface area contributed by atoms with Gasteiger partial charge in [-0.15, -0.1) is 0 Å². The van der Waals surface area contributed by atoms with Crippen LogP contribution in [0.4, 0.5) is 0 Å². The maximum Gasteiger partial charge on any atom is 0.336 e. The molecule has 0 aliphatic carbocycles. The first kappa shape index (κ1) is 7.12. The third kappa shape index (κ3) is 1.28. The molecule has 1 rings (SSSR count). The van der Waals surface area contributed by atoms with Crippen molar-refractivity contribution in [1.29, 1.82) is 5.41 Å². The minimum Gasteiger partial charge on any atom is -0.379 e. The van der Waals surface area contributed by atoms with Crippen LogP contribution >= 0.6 is 0 Å². The van der Waals surface area contributed by atoms with Gasteiger partial charge in [-0.3, -0.25) is 5.41 Å². The van der Waals surface area contributed by atoms with Gasteiger partial charge in [0.15, 0.2) is 12.2 Å². The minimum absolute atomic E-state index is 0.151. The molecule has 0 spiro atoms. The van der Waals surface area contributed by atoms with Gasteiger partial charge in [-0.05, 0) is 0 Å². The summed E-state index contributed by atoms with van der Waals surface area (Å²) >= 11 is 0. The molecule has 11 heavy (non-hydrogen) atoms. The summed E-state index contributed by atoms with van der Waals surface area (Å²) in [4.78, 5) is 13.8. The normalized spacial score (nSPS) is 9.45. The first-order valence-corrected chi connectivity index (χ1v) is 2.52. The SMILES string of the molecule is N=C(N)c1ncn([N+](=O)[O-])n1. The van der Waals surface area contributed by atoms with Crippen LogP contribution in [0.3, 0.4) is 0 Å². The molecule has 0 aliphatic rings. The Balaban J connectivity index is 2.99. The molecule has 1 aromatic rings. The molecule has 0 aromatic carbocycles. The van der Waals surface area contributed by atoms with Crippen molar-refractivity contribution in [1.82, 2.24) is 14.9 Å². The van der Waals surface area contributed by atoms with Crippen LogP contribution < -0.4 is 5.73 Å². The lowest BCUT2D eigenvalue weighted by Gasteiger charge is -1.85. The van der Waals surface area contributed by atoms with E-state index in [0.717, 1.165) is 6.33 Å². The molecule has 1 heterocycles. The second kappa shape index (κ2) is 2.33. The lowest BCUT2D eigenvalue weighted by molar-refractivity contribution is -0.553. The molecule has 8 heteroatoms. The van der Waals surface area contributed by atoms with Gasteiger partial charge in [0.05, 0.1) is 10.1 Å². The van der Waals surface area contributed by atoms with E-state index < -0.39 is 10.9 Å². The van der Waals surface area contributed by atoms with Gasteiger partial charge < -0.3 is 15.8 Å². The van der Waals surface area contributed by atoms with Crippen LogP contribution in [-0.4, -0.2) is 25.7 Å². The number of nitrogen functional groups attached to an aromatic ring is 1. The second-order valence-corrected chi connectivity index (χ2v) is 1.64. The molecule has 0 amide bonds. The highest BCUT2D eigenvalue weighted by Crippen LogP contribution is 1.86. The van der Waals surface area contributed by atoms with Gasteiger partial charge in [-0.2, -0.15) is 4.98 Å². The fourth-order valence-corrected chi connectivity index (χ4v) is 0.457. The third-order valence-electron chi connectivity index (χ3n) is 0.889. The number of nitro groups is 1. The highest BCUT2D eigenvalue weighted by molar-refractivity contribution is 5.90. The van der Waals surface area contributed by atoms with Crippen molar-refractivity contribution >= 4 is 5.84 Å². The number of nitrogens with zero attached hydrogens (tertiary/aromatic N) is 4. The topological polar surface area (TPSA) is 124 Å². The summed E-state index contributed by atoms with van der Waals surface area (Å²) in [6.45, 7) is 0. The first-order valence-electron chi connectivity index (χ1n) is 2.52. The number of nitrogens with two attached hydrogens (primary N) is 1. The van der Waals surface area contributed by atoms with E-state index in [1.165, 1.54) is 0 Å². The van der Waals surface area contributed by atoms with Crippen molar-refractivity contribution in [3.8, 4) is 0 Å². The van der Waals surface area contributed by atoms with Crippen LogP contribution in [0.5, 0.6) is 0 Å². The van der Waals surface area contributed by atoms with Crippen molar-refractivity contribution in [3.05, 3.63) is 22.3 Å². The van der Waals surface area contributed by atoms with Gasteiger partial charge in [0.1, 0.15) is 0 Å². The average molecular weight is 156 g/mol. The Morgan fingerprint density at radius 3 is 2.82 bits per heavy atom. The Morgan fingerprint density at radius 2 is 2.55 bits per heavy atom. The zero-order valence-corrected chi connectivity index (χ0v) is 5.26. The maximum atomic E-state index is 9.99. The number of amidine groups is 1. The van der Waals surface area contributed by atoms with E-state index >= 15 is 0 Å². The quantitative estimate of drug-likeness (QED) is 0.236.